The molecule has 1 aromatic heterocycles. The van der Waals surface area contributed by atoms with Gasteiger partial charge in [-0.25, -0.2) is 9.18 Å². The van der Waals surface area contributed by atoms with Crippen molar-refractivity contribution in [1.82, 2.24) is 15.6 Å². The van der Waals surface area contributed by atoms with Gasteiger partial charge in [0.25, 0.3) is 0 Å². The average Bonchev–Trinajstić information content (AvgIpc) is 3.07. The lowest BCUT2D eigenvalue weighted by Gasteiger charge is -2.20. The van der Waals surface area contributed by atoms with Crippen LogP contribution in [0.2, 0.25) is 0 Å². The van der Waals surface area contributed by atoms with Crippen molar-refractivity contribution in [3.63, 3.8) is 0 Å². The van der Waals surface area contributed by atoms with Gasteiger partial charge in [-0.15, -0.1) is 0 Å². The quantitative estimate of drug-likeness (QED) is 0.899. The zero-order chi connectivity index (χ0) is 17.3. The molecule has 1 aliphatic carbocycles. The summed E-state index contributed by atoms with van der Waals surface area (Å²) in [6.45, 7) is 0.582. The second kappa shape index (κ2) is 6.44. The van der Waals surface area contributed by atoms with Crippen molar-refractivity contribution < 1.29 is 13.9 Å². The molecule has 4 atom stereocenters. The average molecular weight is 341 g/mol. The van der Waals surface area contributed by atoms with E-state index in [0.29, 0.717) is 18.6 Å². The third kappa shape index (κ3) is 3.22. The molecule has 2 heterocycles. The number of nitrogens with one attached hydrogen (secondary N) is 2. The molecule has 2 fully saturated rings. The number of nitrogens with zero attached hydrogens (tertiary/aromatic N) is 1. The molecule has 25 heavy (non-hydrogen) atoms. The van der Waals surface area contributed by atoms with Crippen LogP contribution in [0.15, 0.2) is 54.9 Å². The highest BCUT2D eigenvalue weighted by Gasteiger charge is 2.57. The summed E-state index contributed by atoms with van der Waals surface area (Å²) >= 11 is 0. The summed E-state index contributed by atoms with van der Waals surface area (Å²) in [6, 6.07) is 11.8. The van der Waals surface area contributed by atoms with Gasteiger partial charge in [-0.1, -0.05) is 30.3 Å². The molecule has 1 aliphatic heterocycles. The van der Waals surface area contributed by atoms with Crippen LogP contribution < -0.4 is 10.6 Å². The smallest absolute Gasteiger partial charge is 0.315 e. The fraction of sp³-hybridized carbons (Fsp3) is 0.368. The minimum Gasteiger partial charge on any atom is -0.371 e. The van der Waals surface area contributed by atoms with E-state index < -0.39 is 11.7 Å². The third-order valence-corrected chi connectivity index (χ3v) is 4.90. The van der Waals surface area contributed by atoms with Crippen molar-refractivity contribution in [2.75, 3.05) is 6.61 Å². The van der Waals surface area contributed by atoms with Gasteiger partial charge in [0.05, 0.1) is 12.1 Å². The van der Waals surface area contributed by atoms with Crippen molar-refractivity contribution >= 4 is 6.03 Å². The van der Waals surface area contributed by atoms with Gasteiger partial charge in [0.2, 0.25) is 0 Å². The molecule has 2 amide bonds. The fourth-order valence-corrected chi connectivity index (χ4v) is 3.43. The van der Waals surface area contributed by atoms with E-state index in [-0.39, 0.29) is 18.2 Å². The van der Waals surface area contributed by atoms with Crippen LogP contribution >= 0.6 is 0 Å². The topological polar surface area (TPSA) is 63.2 Å². The van der Waals surface area contributed by atoms with Crippen LogP contribution in [0, 0.1) is 0 Å². The number of benzene rings is 1. The number of hydrogen-bond acceptors (Lipinski definition) is 3. The Balaban J connectivity index is 1.35. The zero-order valence-electron chi connectivity index (χ0n) is 13.7. The summed E-state index contributed by atoms with van der Waals surface area (Å²) in [5.41, 5.74) is 0.127. The van der Waals surface area contributed by atoms with E-state index in [4.69, 9.17) is 4.74 Å². The molecule has 2 N–H and O–H groups in total. The molecule has 1 saturated heterocycles. The zero-order valence-corrected chi connectivity index (χ0v) is 13.7. The summed E-state index contributed by atoms with van der Waals surface area (Å²) in [5.74, 6) is 0. The van der Waals surface area contributed by atoms with E-state index in [0.717, 1.165) is 12.0 Å². The first kappa shape index (κ1) is 16.0. The SMILES string of the molecule is O=C(NC1CC1(F)c1ccccc1)N[C@@H]1CCO[C@H]1c1ccncc1. The highest BCUT2D eigenvalue weighted by Crippen LogP contribution is 2.49. The Labute approximate surface area is 145 Å². The predicted octanol–water partition coefficient (Wildman–Crippen LogP) is 2.85. The highest BCUT2D eigenvalue weighted by atomic mass is 19.1. The lowest BCUT2D eigenvalue weighted by molar-refractivity contribution is 0.0998. The molecule has 2 unspecified atom stereocenters. The molecule has 130 valence electrons. The standard InChI is InChI=1S/C19H20FN3O2/c20-19(14-4-2-1-3-5-14)12-16(19)23-18(24)22-15-8-11-25-17(15)13-6-9-21-10-7-13/h1-7,9-10,15-17H,8,11-12H2,(H2,22,23,24)/t15-,16?,17+,19?/m1/s1. The molecule has 0 radical (unpaired) electrons. The maximum absolute atomic E-state index is 14.8. The van der Waals surface area contributed by atoms with Gasteiger partial charge in [-0.3, -0.25) is 4.98 Å². The van der Waals surface area contributed by atoms with Crippen molar-refractivity contribution in [2.45, 2.75) is 36.7 Å². The van der Waals surface area contributed by atoms with E-state index in [1.165, 1.54) is 0 Å². The fourth-order valence-electron chi connectivity index (χ4n) is 3.43. The van der Waals surface area contributed by atoms with Gasteiger partial charge in [0.15, 0.2) is 5.67 Å². The molecule has 1 saturated carbocycles. The number of pyridine rings is 1. The summed E-state index contributed by atoms with van der Waals surface area (Å²) in [6.07, 6.45) is 4.24. The van der Waals surface area contributed by atoms with Gasteiger partial charge in [0.1, 0.15) is 6.10 Å². The molecule has 0 spiro atoms. The Bertz CT molecular complexity index is 743. The van der Waals surface area contributed by atoms with Crippen LogP contribution in [-0.4, -0.2) is 29.7 Å². The maximum Gasteiger partial charge on any atom is 0.315 e. The van der Waals surface area contributed by atoms with Crippen molar-refractivity contribution in [3.05, 3.63) is 66.0 Å². The molecule has 0 bridgehead atoms. The van der Waals surface area contributed by atoms with E-state index in [9.17, 15) is 9.18 Å². The number of aromatic nitrogens is 1. The molecule has 1 aromatic carbocycles. The highest BCUT2D eigenvalue weighted by molar-refractivity contribution is 5.75. The van der Waals surface area contributed by atoms with Crippen molar-refractivity contribution in [3.8, 4) is 0 Å². The number of urea groups is 1. The minimum atomic E-state index is -1.46. The van der Waals surface area contributed by atoms with Crippen molar-refractivity contribution in [1.29, 1.82) is 0 Å². The second-order valence-corrected chi connectivity index (χ2v) is 6.57. The summed E-state index contributed by atoms with van der Waals surface area (Å²) in [7, 11) is 0. The number of alkyl halides is 1. The lowest BCUT2D eigenvalue weighted by atomic mass is 10.0. The first-order chi connectivity index (χ1) is 12.2. The van der Waals surface area contributed by atoms with Gasteiger partial charge >= 0.3 is 6.03 Å². The molecular formula is C19H20FN3O2. The number of carbonyl (C=O) groups is 1. The number of carbonyl (C=O) groups excluding carboxylic acids is 1. The molecule has 6 heteroatoms. The second-order valence-electron chi connectivity index (χ2n) is 6.57. The predicted molar refractivity (Wildman–Crippen MR) is 90.6 cm³/mol. The van der Waals surface area contributed by atoms with Crippen LogP contribution in [-0.2, 0) is 10.4 Å². The Morgan fingerprint density at radius 2 is 1.92 bits per heavy atom. The first-order valence-electron chi connectivity index (χ1n) is 8.50. The molecule has 5 nitrogen and oxygen atoms in total. The molecule has 2 aliphatic rings. The third-order valence-electron chi connectivity index (χ3n) is 4.90. The number of ether oxygens (including phenoxy) is 1. The lowest BCUT2D eigenvalue weighted by Crippen LogP contribution is -2.45. The van der Waals surface area contributed by atoms with E-state index in [1.54, 1.807) is 36.7 Å². The van der Waals surface area contributed by atoms with Crippen LogP contribution in [0.5, 0.6) is 0 Å². The van der Waals surface area contributed by atoms with E-state index in [2.05, 4.69) is 15.6 Å². The largest absolute Gasteiger partial charge is 0.371 e. The Morgan fingerprint density at radius 1 is 1.16 bits per heavy atom. The van der Waals surface area contributed by atoms with Crippen molar-refractivity contribution in [2.24, 2.45) is 0 Å². The monoisotopic (exact) mass is 341 g/mol. The number of halogens is 1. The Kier molecular flexibility index (Phi) is 4.13. The Hall–Kier alpha value is -2.47. The van der Waals surface area contributed by atoms with E-state index in [1.807, 2.05) is 18.2 Å². The van der Waals surface area contributed by atoms with Gasteiger partial charge in [-0.2, -0.15) is 0 Å². The van der Waals surface area contributed by atoms with Crippen LogP contribution in [0.25, 0.3) is 0 Å². The van der Waals surface area contributed by atoms with Gasteiger partial charge < -0.3 is 15.4 Å². The molecule has 2 aromatic rings. The first-order valence-corrected chi connectivity index (χ1v) is 8.50. The summed E-state index contributed by atoms with van der Waals surface area (Å²) in [5, 5.41) is 5.67. The van der Waals surface area contributed by atoms with Gasteiger partial charge in [0, 0.05) is 25.4 Å². The Morgan fingerprint density at radius 3 is 2.68 bits per heavy atom. The summed E-state index contributed by atoms with van der Waals surface area (Å²) < 4.78 is 20.6. The molecular weight excluding hydrogens is 321 g/mol. The minimum absolute atomic E-state index is 0.133. The van der Waals surface area contributed by atoms with Crippen LogP contribution in [0.3, 0.4) is 0 Å². The van der Waals surface area contributed by atoms with E-state index >= 15 is 0 Å². The number of amides is 2. The molecule has 4 rings (SSSR count). The number of rotatable bonds is 4. The maximum atomic E-state index is 14.8. The normalized spacial score (nSPS) is 30.7. The van der Waals surface area contributed by atoms with Gasteiger partial charge in [-0.05, 0) is 29.7 Å². The van der Waals surface area contributed by atoms with Crippen LogP contribution in [0.4, 0.5) is 9.18 Å². The van der Waals surface area contributed by atoms with Crippen LogP contribution in [0.1, 0.15) is 30.1 Å². The number of hydrogen-bond donors (Lipinski definition) is 2. The summed E-state index contributed by atoms with van der Waals surface area (Å²) in [4.78, 5) is 16.3.